The van der Waals surface area contributed by atoms with Crippen molar-refractivity contribution >= 4 is 33.5 Å². The van der Waals surface area contributed by atoms with Crippen LogP contribution in [0.3, 0.4) is 0 Å². The molecule has 0 saturated carbocycles. The van der Waals surface area contributed by atoms with E-state index in [1.165, 1.54) is 0 Å². The first-order valence-corrected chi connectivity index (χ1v) is 8.10. The molecule has 0 aliphatic rings. The Labute approximate surface area is 136 Å². The number of rotatable bonds is 3. The third kappa shape index (κ3) is 2.84. The van der Waals surface area contributed by atoms with Crippen molar-refractivity contribution in [1.29, 1.82) is 0 Å². The minimum atomic E-state index is 0.666. The molecule has 0 saturated heterocycles. The van der Waals surface area contributed by atoms with Gasteiger partial charge in [0.15, 0.2) is 0 Å². The van der Waals surface area contributed by atoms with Gasteiger partial charge in [-0.15, -0.1) is 0 Å². The van der Waals surface area contributed by atoms with Gasteiger partial charge < -0.3 is 5.73 Å². The summed E-state index contributed by atoms with van der Waals surface area (Å²) in [5.41, 5.74) is 8.20. The number of nitrogens with two attached hydrogens (primary N) is 1. The van der Waals surface area contributed by atoms with Crippen molar-refractivity contribution in [2.75, 3.05) is 5.73 Å². The fourth-order valence-electron chi connectivity index (χ4n) is 2.06. The minimum absolute atomic E-state index is 0.666. The quantitative estimate of drug-likeness (QED) is 0.738. The molecule has 2 N–H and O–H groups in total. The zero-order chi connectivity index (χ0) is 14.8. The van der Waals surface area contributed by atoms with E-state index in [9.17, 15) is 0 Å². The average Bonchev–Trinajstić information content (AvgIpc) is 2.78. The fraction of sp³-hybridized carbons (Fsp3) is 0.0625. The number of nitrogen functional groups attached to an aromatic ring is 1. The third-order valence-corrected chi connectivity index (χ3v) is 5.33. The highest BCUT2D eigenvalue weighted by atomic mass is 79.9. The van der Waals surface area contributed by atoms with Crippen molar-refractivity contribution in [2.24, 2.45) is 0 Å². The summed E-state index contributed by atoms with van der Waals surface area (Å²) >= 11 is 5.19. The molecule has 5 heteroatoms. The monoisotopic (exact) mass is 359 g/mol. The summed E-state index contributed by atoms with van der Waals surface area (Å²) in [7, 11) is 0. The molecule has 3 aromatic rings. The van der Waals surface area contributed by atoms with Crippen LogP contribution in [0.5, 0.6) is 0 Å². The highest BCUT2D eigenvalue weighted by Gasteiger charge is 2.15. The van der Waals surface area contributed by atoms with Gasteiger partial charge in [-0.05, 0) is 47.1 Å². The largest absolute Gasteiger partial charge is 0.383 e. The molecule has 0 spiro atoms. The SMILES string of the molecule is Cc1nn(-c2ccccc2)c(N)c1Sc1ccccc1Br. The van der Waals surface area contributed by atoms with Crippen LogP contribution in [0.2, 0.25) is 0 Å². The summed E-state index contributed by atoms with van der Waals surface area (Å²) in [5, 5.41) is 4.56. The number of para-hydroxylation sites is 1. The summed E-state index contributed by atoms with van der Waals surface area (Å²) in [6, 6.07) is 18.0. The number of hydrogen-bond donors (Lipinski definition) is 1. The lowest BCUT2D eigenvalue weighted by Gasteiger charge is -2.06. The Morgan fingerprint density at radius 1 is 1.05 bits per heavy atom. The number of anilines is 1. The molecule has 0 unspecified atom stereocenters. The smallest absolute Gasteiger partial charge is 0.141 e. The number of aromatic nitrogens is 2. The van der Waals surface area contributed by atoms with Gasteiger partial charge in [-0.25, -0.2) is 4.68 Å². The van der Waals surface area contributed by atoms with Crippen LogP contribution in [0.15, 0.2) is 68.9 Å². The second-order valence-corrected chi connectivity index (χ2v) is 6.49. The van der Waals surface area contributed by atoms with Gasteiger partial charge in [0.2, 0.25) is 0 Å². The van der Waals surface area contributed by atoms with Crippen molar-refractivity contribution in [1.82, 2.24) is 9.78 Å². The van der Waals surface area contributed by atoms with Crippen LogP contribution in [-0.2, 0) is 0 Å². The first kappa shape index (κ1) is 14.2. The maximum absolute atomic E-state index is 6.30. The Morgan fingerprint density at radius 2 is 1.71 bits per heavy atom. The third-order valence-electron chi connectivity index (χ3n) is 3.09. The van der Waals surface area contributed by atoms with Crippen molar-refractivity contribution in [3.05, 3.63) is 64.8 Å². The van der Waals surface area contributed by atoms with Crippen molar-refractivity contribution in [2.45, 2.75) is 16.7 Å². The van der Waals surface area contributed by atoms with E-state index >= 15 is 0 Å². The summed E-state index contributed by atoms with van der Waals surface area (Å²) < 4.78 is 2.84. The summed E-state index contributed by atoms with van der Waals surface area (Å²) in [4.78, 5) is 2.12. The normalized spacial score (nSPS) is 10.8. The van der Waals surface area contributed by atoms with Crippen molar-refractivity contribution < 1.29 is 0 Å². The van der Waals surface area contributed by atoms with Gasteiger partial charge in [-0.3, -0.25) is 0 Å². The summed E-state index contributed by atoms with van der Waals surface area (Å²) in [5.74, 6) is 0.666. The first-order chi connectivity index (χ1) is 10.2. The number of halogens is 1. The Bertz CT molecular complexity index is 768. The molecule has 0 amide bonds. The van der Waals surface area contributed by atoms with Crippen LogP contribution in [-0.4, -0.2) is 9.78 Å². The number of hydrogen-bond acceptors (Lipinski definition) is 3. The second kappa shape index (κ2) is 5.95. The van der Waals surface area contributed by atoms with Gasteiger partial charge in [-0.2, -0.15) is 5.10 Å². The second-order valence-electron chi connectivity index (χ2n) is 4.58. The average molecular weight is 360 g/mol. The van der Waals surface area contributed by atoms with Gasteiger partial charge in [0.05, 0.1) is 16.3 Å². The molecule has 0 radical (unpaired) electrons. The van der Waals surface area contributed by atoms with Gasteiger partial charge in [0.1, 0.15) is 5.82 Å². The van der Waals surface area contributed by atoms with E-state index in [0.29, 0.717) is 5.82 Å². The molecule has 2 aromatic carbocycles. The topological polar surface area (TPSA) is 43.8 Å². The molecule has 21 heavy (non-hydrogen) atoms. The van der Waals surface area contributed by atoms with Crippen LogP contribution in [0.4, 0.5) is 5.82 Å². The lowest BCUT2D eigenvalue weighted by atomic mass is 10.3. The van der Waals surface area contributed by atoms with E-state index in [1.807, 2.05) is 55.5 Å². The standard InChI is InChI=1S/C16H14BrN3S/c1-11-15(21-14-10-6-5-9-13(14)17)16(18)20(19-11)12-7-3-2-4-8-12/h2-10H,18H2,1H3. The molecule has 0 atom stereocenters. The van der Waals surface area contributed by atoms with E-state index in [-0.39, 0.29) is 0 Å². The molecule has 1 aromatic heterocycles. The molecule has 3 rings (SSSR count). The molecular weight excluding hydrogens is 346 g/mol. The van der Waals surface area contributed by atoms with Crippen LogP contribution >= 0.6 is 27.7 Å². The zero-order valence-electron chi connectivity index (χ0n) is 11.5. The molecule has 3 nitrogen and oxygen atoms in total. The molecule has 0 bridgehead atoms. The molecule has 0 aliphatic carbocycles. The molecule has 0 fully saturated rings. The van der Waals surface area contributed by atoms with E-state index in [1.54, 1.807) is 16.4 Å². The fourth-order valence-corrected chi connectivity index (χ4v) is 3.50. The number of nitrogens with zero attached hydrogens (tertiary/aromatic N) is 2. The zero-order valence-corrected chi connectivity index (χ0v) is 13.9. The molecule has 106 valence electrons. The minimum Gasteiger partial charge on any atom is -0.383 e. The van der Waals surface area contributed by atoms with E-state index < -0.39 is 0 Å². The number of aryl methyl sites for hydroxylation is 1. The Balaban J connectivity index is 2.01. The Hall–Kier alpha value is -1.72. The van der Waals surface area contributed by atoms with Crippen LogP contribution < -0.4 is 5.73 Å². The maximum Gasteiger partial charge on any atom is 0.141 e. The van der Waals surface area contributed by atoms with Crippen LogP contribution in [0.1, 0.15) is 5.69 Å². The van der Waals surface area contributed by atoms with Crippen molar-refractivity contribution in [3.63, 3.8) is 0 Å². The number of benzene rings is 2. The highest BCUT2D eigenvalue weighted by molar-refractivity contribution is 9.10. The summed E-state index contributed by atoms with van der Waals surface area (Å²) in [6.45, 7) is 1.98. The van der Waals surface area contributed by atoms with Gasteiger partial charge >= 0.3 is 0 Å². The Kier molecular flexibility index (Phi) is 4.03. The first-order valence-electron chi connectivity index (χ1n) is 6.49. The van der Waals surface area contributed by atoms with Gasteiger partial charge in [0, 0.05) is 9.37 Å². The van der Waals surface area contributed by atoms with Crippen molar-refractivity contribution in [3.8, 4) is 5.69 Å². The molecular formula is C16H14BrN3S. The van der Waals surface area contributed by atoms with E-state index in [0.717, 1.165) is 25.6 Å². The van der Waals surface area contributed by atoms with E-state index in [2.05, 4.69) is 27.1 Å². The predicted octanol–water partition coefficient (Wildman–Crippen LogP) is 4.68. The lowest BCUT2D eigenvalue weighted by Crippen LogP contribution is -2.01. The summed E-state index contributed by atoms with van der Waals surface area (Å²) in [6.07, 6.45) is 0. The van der Waals surface area contributed by atoms with Crippen LogP contribution in [0.25, 0.3) is 5.69 Å². The van der Waals surface area contributed by atoms with Crippen LogP contribution in [0, 0.1) is 6.92 Å². The predicted molar refractivity (Wildman–Crippen MR) is 91.0 cm³/mol. The van der Waals surface area contributed by atoms with E-state index in [4.69, 9.17) is 5.73 Å². The Morgan fingerprint density at radius 3 is 2.43 bits per heavy atom. The van der Waals surface area contributed by atoms with Gasteiger partial charge in [0.25, 0.3) is 0 Å². The molecule has 0 aliphatic heterocycles. The lowest BCUT2D eigenvalue weighted by molar-refractivity contribution is 0.872. The highest BCUT2D eigenvalue weighted by Crippen LogP contribution is 2.38. The van der Waals surface area contributed by atoms with Gasteiger partial charge in [-0.1, -0.05) is 42.1 Å². The molecule has 1 heterocycles. The maximum atomic E-state index is 6.30.